The summed E-state index contributed by atoms with van der Waals surface area (Å²) in [5.74, 6) is -1.26. The van der Waals surface area contributed by atoms with Gasteiger partial charge in [-0.25, -0.2) is 8.78 Å². The van der Waals surface area contributed by atoms with Crippen molar-refractivity contribution in [2.75, 3.05) is 6.54 Å². The minimum Gasteiger partial charge on any atom is -0.352 e. The molecule has 0 fully saturated rings. The van der Waals surface area contributed by atoms with Gasteiger partial charge in [0, 0.05) is 18.5 Å². The summed E-state index contributed by atoms with van der Waals surface area (Å²) in [5.41, 5.74) is 5.38. The van der Waals surface area contributed by atoms with Crippen molar-refractivity contribution in [1.29, 1.82) is 0 Å². The zero-order valence-corrected chi connectivity index (χ0v) is 8.80. The summed E-state index contributed by atoms with van der Waals surface area (Å²) in [6.45, 7) is 0.425. The Balaban J connectivity index is 2.47. The van der Waals surface area contributed by atoms with E-state index in [2.05, 4.69) is 5.32 Å². The maximum Gasteiger partial charge on any atom is 0.220 e. The molecule has 0 aromatic heterocycles. The fourth-order valence-electron chi connectivity index (χ4n) is 1.22. The van der Waals surface area contributed by atoms with Crippen LogP contribution >= 0.6 is 0 Å². The minimum absolute atomic E-state index is 0.00695. The number of carbonyl (C=O) groups is 1. The molecule has 0 saturated heterocycles. The van der Waals surface area contributed by atoms with Crippen LogP contribution in [0, 0.1) is 11.6 Å². The highest BCUT2D eigenvalue weighted by Gasteiger charge is 2.05. The van der Waals surface area contributed by atoms with Crippen molar-refractivity contribution in [3.8, 4) is 0 Å². The van der Waals surface area contributed by atoms with Crippen LogP contribution in [0.15, 0.2) is 18.2 Å². The summed E-state index contributed by atoms with van der Waals surface area (Å²) in [6, 6.07) is 3.14. The Morgan fingerprint density at radius 2 is 2.12 bits per heavy atom. The Labute approximate surface area is 92.6 Å². The van der Waals surface area contributed by atoms with Gasteiger partial charge in [0.1, 0.15) is 11.6 Å². The van der Waals surface area contributed by atoms with E-state index < -0.39 is 11.6 Å². The Morgan fingerprint density at radius 3 is 2.81 bits per heavy atom. The van der Waals surface area contributed by atoms with Gasteiger partial charge in [-0.1, -0.05) is 0 Å². The molecule has 3 nitrogen and oxygen atoms in total. The lowest BCUT2D eigenvalue weighted by Gasteiger charge is -2.06. The fourth-order valence-corrected chi connectivity index (χ4v) is 1.22. The quantitative estimate of drug-likeness (QED) is 0.798. The van der Waals surface area contributed by atoms with Crippen LogP contribution in [0.3, 0.4) is 0 Å². The van der Waals surface area contributed by atoms with Gasteiger partial charge in [-0.15, -0.1) is 0 Å². The highest BCUT2D eigenvalue weighted by atomic mass is 19.1. The van der Waals surface area contributed by atoms with E-state index in [4.69, 9.17) is 5.73 Å². The normalized spacial score (nSPS) is 10.2. The Hall–Kier alpha value is -1.49. The number of carbonyl (C=O) groups excluding carboxylic acids is 1. The molecule has 0 bridgehead atoms. The predicted molar refractivity (Wildman–Crippen MR) is 56.5 cm³/mol. The standard InChI is InChI=1S/C11H14F2N2O/c12-9-3-4-10(13)8(6-9)7-15-11(16)2-1-5-14/h3-4,6H,1-2,5,7,14H2,(H,15,16). The number of hydrogen-bond donors (Lipinski definition) is 2. The highest BCUT2D eigenvalue weighted by molar-refractivity contribution is 5.75. The number of halogens is 2. The summed E-state index contributed by atoms with van der Waals surface area (Å²) in [4.78, 5) is 11.2. The third-order valence-electron chi connectivity index (χ3n) is 2.09. The van der Waals surface area contributed by atoms with E-state index in [1.54, 1.807) is 0 Å². The number of nitrogens with two attached hydrogens (primary N) is 1. The van der Waals surface area contributed by atoms with Crippen LogP contribution < -0.4 is 11.1 Å². The topological polar surface area (TPSA) is 55.1 Å². The van der Waals surface area contributed by atoms with E-state index in [0.29, 0.717) is 19.4 Å². The lowest BCUT2D eigenvalue weighted by atomic mass is 10.2. The van der Waals surface area contributed by atoms with Crippen molar-refractivity contribution in [3.05, 3.63) is 35.4 Å². The van der Waals surface area contributed by atoms with Crippen molar-refractivity contribution in [3.63, 3.8) is 0 Å². The second kappa shape index (κ2) is 6.17. The first-order chi connectivity index (χ1) is 7.63. The van der Waals surface area contributed by atoms with Crippen molar-refractivity contribution in [2.45, 2.75) is 19.4 Å². The maximum atomic E-state index is 13.1. The van der Waals surface area contributed by atoms with Gasteiger partial charge in [-0.2, -0.15) is 0 Å². The molecule has 5 heteroatoms. The summed E-state index contributed by atoms with van der Waals surface area (Å²) < 4.78 is 25.9. The molecule has 1 aromatic carbocycles. The van der Waals surface area contributed by atoms with Crippen LogP contribution in [0.2, 0.25) is 0 Å². The van der Waals surface area contributed by atoms with Gasteiger partial charge < -0.3 is 11.1 Å². The number of amides is 1. The molecule has 1 rings (SSSR count). The van der Waals surface area contributed by atoms with Gasteiger partial charge in [0.05, 0.1) is 0 Å². The molecule has 1 aromatic rings. The van der Waals surface area contributed by atoms with Gasteiger partial charge in [-0.05, 0) is 31.2 Å². The number of nitrogens with one attached hydrogen (secondary N) is 1. The Morgan fingerprint density at radius 1 is 1.38 bits per heavy atom. The van der Waals surface area contributed by atoms with Crippen molar-refractivity contribution >= 4 is 5.91 Å². The highest BCUT2D eigenvalue weighted by Crippen LogP contribution is 2.09. The first kappa shape index (κ1) is 12.6. The van der Waals surface area contributed by atoms with Gasteiger partial charge in [-0.3, -0.25) is 4.79 Å². The minimum atomic E-state index is -0.527. The zero-order valence-electron chi connectivity index (χ0n) is 8.80. The first-order valence-electron chi connectivity index (χ1n) is 5.04. The first-order valence-corrected chi connectivity index (χ1v) is 5.04. The van der Waals surface area contributed by atoms with Crippen LogP contribution in [0.25, 0.3) is 0 Å². The molecule has 16 heavy (non-hydrogen) atoms. The summed E-state index contributed by atoms with van der Waals surface area (Å²) in [7, 11) is 0. The molecule has 0 unspecified atom stereocenters. The van der Waals surface area contributed by atoms with Crippen molar-refractivity contribution < 1.29 is 13.6 Å². The van der Waals surface area contributed by atoms with Crippen LogP contribution in [-0.4, -0.2) is 12.5 Å². The van der Waals surface area contributed by atoms with Gasteiger partial charge >= 0.3 is 0 Å². The molecule has 3 N–H and O–H groups in total. The van der Waals surface area contributed by atoms with Crippen LogP contribution in [-0.2, 0) is 11.3 Å². The van der Waals surface area contributed by atoms with Gasteiger partial charge in [0.2, 0.25) is 5.91 Å². The lowest BCUT2D eigenvalue weighted by molar-refractivity contribution is -0.121. The Kier molecular flexibility index (Phi) is 4.85. The third kappa shape index (κ3) is 3.94. The van der Waals surface area contributed by atoms with Gasteiger partial charge in [0.25, 0.3) is 0 Å². The van der Waals surface area contributed by atoms with Crippen LogP contribution in [0.1, 0.15) is 18.4 Å². The average Bonchev–Trinajstić information content (AvgIpc) is 2.27. The summed E-state index contributed by atoms with van der Waals surface area (Å²) >= 11 is 0. The maximum absolute atomic E-state index is 13.1. The summed E-state index contributed by atoms with van der Waals surface area (Å²) in [5, 5.41) is 2.50. The molecular weight excluding hydrogens is 214 g/mol. The smallest absolute Gasteiger partial charge is 0.220 e. The average molecular weight is 228 g/mol. The van der Waals surface area contributed by atoms with E-state index in [-0.39, 0.29) is 18.0 Å². The number of rotatable bonds is 5. The molecule has 0 saturated carbocycles. The second-order valence-electron chi connectivity index (χ2n) is 3.40. The zero-order chi connectivity index (χ0) is 12.0. The largest absolute Gasteiger partial charge is 0.352 e. The van der Waals surface area contributed by atoms with E-state index >= 15 is 0 Å². The molecular formula is C11H14F2N2O. The van der Waals surface area contributed by atoms with Gasteiger partial charge in [0.15, 0.2) is 0 Å². The van der Waals surface area contributed by atoms with Crippen molar-refractivity contribution in [2.24, 2.45) is 5.73 Å². The molecule has 0 radical (unpaired) electrons. The molecule has 88 valence electrons. The van der Waals surface area contributed by atoms with E-state index in [1.807, 2.05) is 0 Å². The lowest BCUT2D eigenvalue weighted by Crippen LogP contribution is -2.23. The van der Waals surface area contributed by atoms with Crippen molar-refractivity contribution in [1.82, 2.24) is 5.32 Å². The molecule has 0 atom stereocenters. The van der Waals surface area contributed by atoms with E-state index in [1.165, 1.54) is 0 Å². The monoisotopic (exact) mass is 228 g/mol. The molecule has 0 spiro atoms. The number of hydrogen-bond acceptors (Lipinski definition) is 2. The molecule has 0 aliphatic carbocycles. The van der Waals surface area contributed by atoms with Crippen LogP contribution in [0.5, 0.6) is 0 Å². The van der Waals surface area contributed by atoms with E-state index in [9.17, 15) is 13.6 Å². The van der Waals surface area contributed by atoms with E-state index in [0.717, 1.165) is 18.2 Å². The summed E-state index contributed by atoms with van der Waals surface area (Å²) in [6.07, 6.45) is 0.880. The SMILES string of the molecule is NCCCC(=O)NCc1cc(F)ccc1F. The van der Waals surface area contributed by atoms with Crippen LogP contribution in [0.4, 0.5) is 8.78 Å². The molecule has 0 heterocycles. The molecule has 0 aliphatic rings. The predicted octanol–water partition coefficient (Wildman–Crippen LogP) is 1.32. The second-order valence-corrected chi connectivity index (χ2v) is 3.40. The number of benzene rings is 1. The Bertz CT molecular complexity index is 369. The fraction of sp³-hybridized carbons (Fsp3) is 0.364. The third-order valence-corrected chi connectivity index (χ3v) is 2.09. The molecule has 0 aliphatic heterocycles. The molecule has 1 amide bonds.